The topological polar surface area (TPSA) is 90.0 Å². The highest BCUT2D eigenvalue weighted by Crippen LogP contribution is 2.53. The number of nitrogens with zero attached hydrogens (tertiary/aromatic N) is 3. The lowest BCUT2D eigenvalue weighted by Gasteiger charge is -2.39. The lowest BCUT2D eigenvalue weighted by molar-refractivity contribution is 0.0772. The molecule has 10 heteroatoms. The molecule has 3 aliphatic rings. The maximum Gasteiger partial charge on any atom is 0.257 e. The SMILES string of the molecule is CCN(CC)C(=O)c1c(NC(=O)c2ccc(S(=O)(=O)N3CC4(C)CC3CC(C)(C)C4)cc2)sc2c1CCN(C(C)C)C2. The van der Waals surface area contributed by atoms with Crippen LogP contribution in [0, 0.1) is 10.8 Å². The Labute approximate surface area is 255 Å². The molecule has 0 radical (unpaired) electrons. The summed E-state index contributed by atoms with van der Waals surface area (Å²) < 4.78 is 29.1. The monoisotopic (exact) mass is 614 g/mol. The molecule has 2 aromatic rings. The molecule has 1 saturated heterocycles. The van der Waals surface area contributed by atoms with Gasteiger partial charge in [0, 0.05) is 55.2 Å². The fraction of sp³-hybridized carbons (Fsp3) is 0.625. The molecule has 1 N–H and O–H groups in total. The lowest BCUT2D eigenvalue weighted by atomic mass is 9.65. The average Bonchev–Trinajstić information content (AvgIpc) is 3.41. The number of thiophene rings is 1. The number of hydrogen-bond donors (Lipinski definition) is 1. The normalized spacial score (nSPS) is 24.0. The van der Waals surface area contributed by atoms with Crippen LogP contribution in [0.2, 0.25) is 0 Å². The lowest BCUT2D eigenvalue weighted by Crippen LogP contribution is -2.37. The van der Waals surface area contributed by atoms with Gasteiger partial charge >= 0.3 is 0 Å². The molecule has 2 aliphatic heterocycles. The third-order valence-corrected chi connectivity index (χ3v) is 12.4. The van der Waals surface area contributed by atoms with Crippen LogP contribution in [0.25, 0.3) is 0 Å². The second-order valence-electron chi connectivity index (χ2n) is 13.7. The van der Waals surface area contributed by atoms with Gasteiger partial charge in [-0.1, -0.05) is 20.8 Å². The molecule has 1 aliphatic carbocycles. The Morgan fingerprint density at radius 1 is 1.10 bits per heavy atom. The molecule has 230 valence electrons. The van der Waals surface area contributed by atoms with Gasteiger partial charge in [0.05, 0.1) is 10.5 Å². The summed E-state index contributed by atoms with van der Waals surface area (Å²) in [5, 5.41) is 3.60. The van der Waals surface area contributed by atoms with Crippen molar-refractivity contribution in [1.29, 1.82) is 0 Å². The molecule has 1 aromatic carbocycles. The number of carbonyl (C=O) groups excluding carboxylic acids is 2. The molecule has 2 bridgehead atoms. The highest BCUT2D eigenvalue weighted by Gasteiger charge is 2.53. The molecule has 2 atom stereocenters. The van der Waals surface area contributed by atoms with E-state index in [2.05, 4.69) is 44.8 Å². The van der Waals surface area contributed by atoms with Gasteiger partial charge in [-0.2, -0.15) is 4.31 Å². The van der Waals surface area contributed by atoms with Gasteiger partial charge in [0.15, 0.2) is 0 Å². The number of anilines is 1. The number of nitrogens with one attached hydrogen (secondary N) is 1. The first-order chi connectivity index (χ1) is 19.7. The molecule has 2 unspecified atom stereocenters. The first kappa shape index (κ1) is 31.2. The highest BCUT2D eigenvalue weighted by molar-refractivity contribution is 7.89. The van der Waals surface area contributed by atoms with E-state index in [-0.39, 0.29) is 33.6 Å². The second kappa shape index (κ2) is 11.3. The maximum absolute atomic E-state index is 13.7. The Kier molecular flexibility index (Phi) is 8.41. The summed E-state index contributed by atoms with van der Waals surface area (Å²) in [7, 11) is -3.68. The average molecular weight is 615 g/mol. The molecule has 0 spiro atoms. The molecule has 1 aromatic heterocycles. The molecule has 1 saturated carbocycles. The van der Waals surface area contributed by atoms with Crippen LogP contribution in [0.3, 0.4) is 0 Å². The van der Waals surface area contributed by atoms with E-state index >= 15 is 0 Å². The van der Waals surface area contributed by atoms with Crippen LogP contribution in [0.1, 0.15) is 98.9 Å². The van der Waals surface area contributed by atoms with Crippen molar-refractivity contribution < 1.29 is 18.0 Å². The Hall–Kier alpha value is -2.27. The van der Waals surface area contributed by atoms with Crippen molar-refractivity contribution >= 4 is 38.2 Å². The molecular weight excluding hydrogens is 569 g/mol. The molecule has 3 heterocycles. The smallest absolute Gasteiger partial charge is 0.257 e. The summed E-state index contributed by atoms with van der Waals surface area (Å²) >= 11 is 1.48. The number of benzene rings is 1. The first-order valence-electron chi connectivity index (χ1n) is 15.3. The third-order valence-electron chi connectivity index (χ3n) is 9.40. The summed E-state index contributed by atoms with van der Waals surface area (Å²) in [5.74, 6) is -0.405. The van der Waals surface area contributed by atoms with Gasteiger partial charge in [-0.25, -0.2) is 8.42 Å². The van der Waals surface area contributed by atoms with Gasteiger partial charge in [0.2, 0.25) is 10.0 Å². The number of amides is 2. The van der Waals surface area contributed by atoms with E-state index < -0.39 is 10.0 Å². The van der Waals surface area contributed by atoms with Crippen molar-refractivity contribution in [3.63, 3.8) is 0 Å². The predicted molar refractivity (Wildman–Crippen MR) is 169 cm³/mol. The van der Waals surface area contributed by atoms with E-state index in [9.17, 15) is 18.0 Å². The predicted octanol–water partition coefficient (Wildman–Crippen LogP) is 5.84. The minimum Gasteiger partial charge on any atom is -0.339 e. The third kappa shape index (κ3) is 5.79. The standard InChI is InChI=1S/C32H46N4O4S2/c1-8-34(9-2)30(38)27-25-14-15-35(21(3)4)18-26(25)41-29(27)33-28(37)22-10-12-24(13-11-22)42(39,40)36-20-32(7)17-23(36)16-31(5,6)19-32/h10-13,21,23H,8-9,14-20H2,1-7H3,(H,33,37). The van der Waals surface area contributed by atoms with Crippen molar-refractivity contribution in [3.05, 3.63) is 45.8 Å². The van der Waals surface area contributed by atoms with Crippen molar-refractivity contribution in [1.82, 2.24) is 14.1 Å². The fourth-order valence-electron chi connectivity index (χ4n) is 7.63. The maximum atomic E-state index is 13.7. The Morgan fingerprint density at radius 3 is 2.38 bits per heavy atom. The summed E-state index contributed by atoms with van der Waals surface area (Å²) in [6.07, 6.45) is 3.53. The van der Waals surface area contributed by atoms with Gasteiger partial charge < -0.3 is 10.2 Å². The van der Waals surface area contributed by atoms with E-state index in [1.807, 2.05) is 13.8 Å². The molecule has 8 nitrogen and oxygen atoms in total. The first-order valence-corrected chi connectivity index (χ1v) is 17.5. The van der Waals surface area contributed by atoms with Crippen LogP contribution >= 0.6 is 11.3 Å². The van der Waals surface area contributed by atoms with Crippen LogP contribution in [-0.4, -0.2) is 72.6 Å². The van der Waals surface area contributed by atoms with E-state index in [0.717, 1.165) is 49.2 Å². The van der Waals surface area contributed by atoms with E-state index in [0.29, 0.717) is 41.8 Å². The zero-order valence-electron chi connectivity index (χ0n) is 26.1. The Morgan fingerprint density at radius 2 is 1.76 bits per heavy atom. The summed E-state index contributed by atoms with van der Waals surface area (Å²) in [4.78, 5) is 32.6. The van der Waals surface area contributed by atoms with Gasteiger partial charge in [-0.3, -0.25) is 14.5 Å². The Bertz CT molecular complexity index is 1460. The van der Waals surface area contributed by atoms with Crippen molar-refractivity contribution in [2.45, 2.75) is 97.7 Å². The van der Waals surface area contributed by atoms with Crippen LogP contribution < -0.4 is 5.32 Å². The summed E-state index contributed by atoms with van der Waals surface area (Å²) in [5.41, 5.74) is 2.11. The molecule has 2 fully saturated rings. The zero-order chi connectivity index (χ0) is 30.6. The van der Waals surface area contributed by atoms with Crippen molar-refractivity contribution in [2.24, 2.45) is 10.8 Å². The minimum atomic E-state index is -3.68. The highest BCUT2D eigenvalue weighted by atomic mass is 32.2. The van der Waals surface area contributed by atoms with Crippen LogP contribution in [0.15, 0.2) is 29.2 Å². The quantitative estimate of drug-likeness (QED) is 0.404. The molecule has 2 amide bonds. The van der Waals surface area contributed by atoms with E-state index in [1.165, 1.54) is 11.3 Å². The largest absolute Gasteiger partial charge is 0.339 e. The van der Waals surface area contributed by atoms with Crippen LogP contribution in [0.5, 0.6) is 0 Å². The van der Waals surface area contributed by atoms with Gasteiger partial charge in [0.1, 0.15) is 5.00 Å². The van der Waals surface area contributed by atoms with E-state index in [4.69, 9.17) is 0 Å². The number of hydrogen-bond acceptors (Lipinski definition) is 6. The number of fused-ring (bicyclic) bond motifs is 3. The number of sulfonamides is 1. The summed E-state index contributed by atoms with van der Waals surface area (Å²) in [6, 6.07) is 6.64. The van der Waals surface area contributed by atoms with Crippen molar-refractivity contribution in [3.8, 4) is 0 Å². The van der Waals surface area contributed by atoms with Gasteiger partial charge in [-0.05, 0) is 94.0 Å². The molecular formula is C32H46N4O4S2. The van der Waals surface area contributed by atoms with Crippen LogP contribution in [0.4, 0.5) is 5.00 Å². The minimum absolute atomic E-state index is 0.00460. The second-order valence-corrected chi connectivity index (χ2v) is 16.7. The molecule has 42 heavy (non-hydrogen) atoms. The van der Waals surface area contributed by atoms with E-state index in [1.54, 1.807) is 33.5 Å². The van der Waals surface area contributed by atoms with Crippen LogP contribution in [-0.2, 0) is 23.0 Å². The van der Waals surface area contributed by atoms with Gasteiger partial charge in [0.25, 0.3) is 11.8 Å². The summed E-state index contributed by atoms with van der Waals surface area (Å²) in [6.45, 7) is 18.3. The van der Waals surface area contributed by atoms with Crippen molar-refractivity contribution in [2.75, 3.05) is 31.5 Å². The molecule has 5 rings (SSSR count). The fourth-order valence-corrected chi connectivity index (χ4v) is 10.7. The number of carbonyl (C=O) groups is 2. The van der Waals surface area contributed by atoms with Gasteiger partial charge in [-0.15, -0.1) is 11.3 Å². The Balaban J connectivity index is 1.38. The number of rotatable bonds is 8. The zero-order valence-corrected chi connectivity index (χ0v) is 27.8.